The maximum absolute atomic E-state index is 12.9. The van der Waals surface area contributed by atoms with Crippen molar-refractivity contribution in [1.82, 2.24) is 9.80 Å². The van der Waals surface area contributed by atoms with E-state index >= 15 is 0 Å². The standard InChI is InChI=1S/C17H23N3O2/c1-22-15-4-2-3-14(11-15)19-9-10-20(17(19)21)16-12-18-7-5-13(16)6-8-18/h2-4,11,13,16H,5-10,12H2,1H3. The Morgan fingerprint density at radius 1 is 1.14 bits per heavy atom. The number of carbonyl (C=O) groups is 1. The minimum Gasteiger partial charge on any atom is -0.497 e. The topological polar surface area (TPSA) is 36.0 Å². The first-order chi connectivity index (χ1) is 10.8. The molecule has 4 aliphatic rings. The zero-order valence-corrected chi connectivity index (χ0v) is 13.1. The van der Waals surface area contributed by atoms with Crippen molar-refractivity contribution in [3.63, 3.8) is 0 Å². The molecule has 0 saturated carbocycles. The van der Waals surface area contributed by atoms with Gasteiger partial charge >= 0.3 is 6.03 Å². The molecule has 1 aromatic carbocycles. The van der Waals surface area contributed by atoms with Crippen molar-refractivity contribution < 1.29 is 9.53 Å². The second kappa shape index (κ2) is 5.47. The van der Waals surface area contributed by atoms with Gasteiger partial charge in [0.15, 0.2) is 0 Å². The van der Waals surface area contributed by atoms with Crippen molar-refractivity contribution >= 4 is 11.7 Å². The van der Waals surface area contributed by atoms with Crippen molar-refractivity contribution in [3.8, 4) is 5.75 Å². The Hall–Kier alpha value is -1.75. The molecule has 4 saturated heterocycles. The Bertz CT molecular complexity index is 569. The fourth-order valence-electron chi connectivity index (χ4n) is 4.17. The normalized spacial score (nSPS) is 31.0. The van der Waals surface area contributed by atoms with E-state index in [0.717, 1.165) is 31.1 Å². The number of rotatable bonds is 3. The van der Waals surface area contributed by atoms with Crippen LogP contribution in [-0.2, 0) is 0 Å². The third-order valence-corrected chi connectivity index (χ3v) is 5.43. The predicted octanol–water partition coefficient (Wildman–Crippen LogP) is 2.03. The molecule has 118 valence electrons. The van der Waals surface area contributed by atoms with E-state index in [2.05, 4.69) is 9.80 Å². The first-order valence-electron chi connectivity index (χ1n) is 8.21. The summed E-state index contributed by atoms with van der Waals surface area (Å²) in [5.41, 5.74) is 0.938. The number of methoxy groups -OCH3 is 1. The van der Waals surface area contributed by atoms with Gasteiger partial charge in [-0.1, -0.05) is 6.07 Å². The summed E-state index contributed by atoms with van der Waals surface area (Å²) in [6.45, 7) is 5.09. The van der Waals surface area contributed by atoms with E-state index in [-0.39, 0.29) is 6.03 Å². The van der Waals surface area contributed by atoms with Crippen LogP contribution in [-0.4, -0.2) is 61.7 Å². The lowest BCUT2D eigenvalue weighted by atomic mass is 9.83. The highest BCUT2D eigenvalue weighted by Gasteiger charge is 2.43. The van der Waals surface area contributed by atoms with Gasteiger partial charge in [0, 0.05) is 37.4 Å². The number of nitrogens with zero attached hydrogens (tertiary/aromatic N) is 3. The van der Waals surface area contributed by atoms with Gasteiger partial charge in [0.05, 0.1) is 7.11 Å². The van der Waals surface area contributed by atoms with Crippen molar-refractivity contribution in [2.45, 2.75) is 18.9 Å². The Morgan fingerprint density at radius 3 is 2.64 bits per heavy atom. The van der Waals surface area contributed by atoms with Gasteiger partial charge in [-0.2, -0.15) is 0 Å². The summed E-state index contributed by atoms with van der Waals surface area (Å²) >= 11 is 0. The summed E-state index contributed by atoms with van der Waals surface area (Å²) in [7, 11) is 1.66. The number of hydrogen-bond donors (Lipinski definition) is 0. The van der Waals surface area contributed by atoms with E-state index in [9.17, 15) is 4.79 Å². The third-order valence-electron chi connectivity index (χ3n) is 5.43. The number of benzene rings is 1. The number of amides is 2. The van der Waals surface area contributed by atoms with Crippen LogP contribution >= 0.6 is 0 Å². The van der Waals surface area contributed by atoms with Gasteiger partial charge < -0.3 is 14.5 Å². The lowest BCUT2D eigenvalue weighted by Gasteiger charge is -2.47. The minimum absolute atomic E-state index is 0.159. The third kappa shape index (κ3) is 2.24. The van der Waals surface area contributed by atoms with Crippen LogP contribution in [0.15, 0.2) is 24.3 Å². The molecule has 1 atom stereocenters. The SMILES string of the molecule is COc1cccc(N2CCN(C3CN4CCC3CC4)C2=O)c1. The summed E-state index contributed by atoms with van der Waals surface area (Å²) in [6, 6.07) is 8.35. The Balaban J connectivity index is 1.52. The van der Waals surface area contributed by atoms with Crippen LogP contribution in [0.2, 0.25) is 0 Å². The van der Waals surface area contributed by atoms with Crippen LogP contribution in [0.25, 0.3) is 0 Å². The molecule has 0 aliphatic carbocycles. The zero-order valence-electron chi connectivity index (χ0n) is 13.1. The van der Waals surface area contributed by atoms with Gasteiger partial charge in [-0.05, 0) is 44.0 Å². The lowest BCUT2D eigenvalue weighted by Crippen LogP contribution is -2.58. The molecule has 2 amide bonds. The van der Waals surface area contributed by atoms with E-state index in [0.29, 0.717) is 12.0 Å². The minimum atomic E-state index is 0.159. The molecule has 2 bridgehead atoms. The van der Waals surface area contributed by atoms with Crippen molar-refractivity contribution in [1.29, 1.82) is 0 Å². The van der Waals surface area contributed by atoms with Gasteiger partial charge in [-0.25, -0.2) is 4.79 Å². The monoisotopic (exact) mass is 301 g/mol. The largest absolute Gasteiger partial charge is 0.497 e. The molecule has 0 spiro atoms. The maximum Gasteiger partial charge on any atom is 0.324 e. The number of anilines is 1. The number of hydrogen-bond acceptors (Lipinski definition) is 3. The number of ether oxygens (including phenoxy) is 1. The average Bonchev–Trinajstić information content (AvgIpc) is 2.97. The maximum atomic E-state index is 12.9. The van der Waals surface area contributed by atoms with Crippen molar-refractivity contribution in [2.24, 2.45) is 5.92 Å². The van der Waals surface area contributed by atoms with E-state index in [4.69, 9.17) is 4.74 Å². The molecule has 4 aliphatic heterocycles. The number of fused-ring (bicyclic) bond motifs is 3. The molecule has 1 aromatic rings. The number of piperidine rings is 3. The molecule has 5 rings (SSSR count). The highest BCUT2D eigenvalue weighted by atomic mass is 16.5. The Labute approximate surface area is 131 Å². The molecule has 1 unspecified atom stereocenters. The van der Waals surface area contributed by atoms with Gasteiger partial charge in [-0.15, -0.1) is 0 Å². The number of urea groups is 1. The first-order valence-corrected chi connectivity index (χ1v) is 8.21. The Morgan fingerprint density at radius 2 is 1.95 bits per heavy atom. The van der Waals surface area contributed by atoms with Crippen LogP contribution in [0.1, 0.15) is 12.8 Å². The predicted molar refractivity (Wildman–Crippen MR) is 85.4 cm³/mol. The quantitative estimate of drug-likeness (QED) is 0.857. The van der Waals surface area contributed by atoms with Crippen LogP contribution in [0.5, 0.6) is 5.75 Å². The molecular formula is C17H23N3O2. The highest BCUT2D eigenvalue weighted by molar-refractivity contribution is 5.94. The number of carbonyl (C=O) groups excluding carboxylic acids is 1. The van der Waals surface area contributed by atoms with Gasteiger partial charge in [0.2, 0.25) is 0 Å². The Kier molecular flexibility index (Phi) is 3.45. The molecule has 0 N–H and O–H groups in total. The van der Waals surface area contributed by atoms with Crippen molar-refractivity contribution in [3.05, 3.63) is 24.3 Å². The summed E-state index contributed by atoms with van der Waals surface area (Å²) in [5, 5.41) is 0. The van der Waals surface area contributed by atoms with Gasteiger partial charge in [0.25, 0.3) is 0 Å². The second-order valence-electron chi connectivity index (χ2n) is 6.53. The molecule has 4 heterocycles. The molecule has 0 aromatic heterocycles. The van der Waals surface area contributed by atoms with Gasteiger partial charge in [0.1, 0.15) is 5.75 Å². The van der Waals surface area contributed by atoms with E-state index in [1.165, 1.54) is 25.9 Å². The van der Waals surface area contributed by atoms with Crippen LogP contribution < -0.4 is 9.64 Å². The van der Waals surface area contributed by atoms with Crippen LogP contribution in [0.3, 0.4) is 0 Å². The molecule has 5 nitrogen and oxygen atoms in total. The van der Waals surface area contributed by atoms with Crippen LogP contribution in [0, 0.1) is 5.92 Å². The molecule has 22 heavy (non-hydrogen) atoms. The molecule has 5 heteroatoms. The second-order valence-corrected chi connectivity index (χ2v) is 6.53. The zero-order chi connectivity index (χ0) is 15.1. The molecule has 0 radical (unpaired) electrons. The fraction of sp³-hybridized carbons (Fsp3) is 0.588. The van der Waals surface area contributed by atoms with E-state index < -0.39 is 0 Å². The average molecular weight is 301 g/mol. The summed E-state index contributed by atoms with van der Waals surface area (Å²) < 4.78 is 5.27. The summed E-state index contributed by atoms with van der Waals surface area (Å²) in [6.07, 6.45) is 2.49. The molecular weight excluding hydrogens is 278 g/mol. The van der Waals surface area contributed by atoms with Gasteiger partial charge in [-0.3, -0.25) is 4.90 Å². The smallest absolute Gasteiger partial charge is 0.324 e. The van der Waals surface area contributed by atoms with Crippen molar-refractivity contribution in [2.75, 3.05) is 44.7 Å². The summed E-state index contributed by atoms with van der Waals surface area (Å²) in [4.78, 5) is 19.4. The first kappa shape index (κ1) is 13.9. The van der Waals surface area contributed by atoms with E-state index in [1.807, 2.05) is 29.2 Å². The lowest BCUT2D eigenvalue weighted by molar-refractivity contribution is 0.0300. The summed E-state index contributed by atoms with van der Waals surface area (Å²) in [5.74, 6) is 1.49. The highest BCUT2D eigenvalue weighted by Crippen LogP contribution is 2.34. The van der Waals surface area contributed by atoms with Crippen LogP contribution in [0.4, 0.5) is 10.5 Å². The molecule has 4 fully saturated rings. The fourth-order valence-corrected chi connectivity index (χ4v) is 4.17. The van der Waals surface area contributed by atoms with E-state index in [1.54, 1.807) is 7.11 Å².